The third-order valence-corrected chi connectivity index (χ3v) is 4.99. The number of guanidine groups is 1. The summed E-state index contributed by atoms with van der Waals surface area (Å²) < 4.78 is 6.94. The first-order valence-corrected chi connectivity index (χ1v) is 9.71. The lowest BCUT2D eigenvalue weighted by Gasteiger charge is -2.31. The van der Waals surface area contributed by atoms with Crippen LogP contribution in [0.1, 0.15) is 23.2 Å². The molecule has 3 heterocycles. The number of nitrogens with zero attached hydrogens (tertiary/aromatic N) is 3. The van der Waals surface area contributed by atoms with Crippen LogP contribution in [-0.4, -0.2) is 21.8 Å². The second-order valence-electron chi connectivity index (χ2n) is 6.12. The van der Waals surface area contributed by atoms with Crippen molar-refractivity contribution in [3.63, 3.8) is 0 Å². The fourth-order valence-electron chi connectivity index (χ4n) is 2.94. The van der Waals surface area contributed by atoms with Gasteiger partial charge in [-0.1, -0.05) is 12.1 Å². The van der Waals surface area contributed by atoms with Gasteiger partial charge < -0.3 is 9.73 Å². The van der Waals surface area contributed by atoms with Gasteiger partial charge in [-0.25, -0.2) is 9.98 Å². The lowest BCUT2D eigenvalue weighted by molar-refractivity contribution is 0.502. The summed E-state index contributed by atoms with van der Waals surface area (Å²) in [4.78, 5) is 22.8. The predicted octanol–water partition coefficient (Wildman–Crippen LogP) is 2.98. The van der Waals surface area contributed by atoms with E-state index in [9.17, 15) is 4.79 Å². The second-order valence-corrected chi connectivity index (χ2v) is 7.00. The summed E-state index contributed by atoms with van der Waals surface area (Å²) >= 11 is 1.67. The number of benzene rings is 1. The predicted molar refractivity (Wildman–Crippen MR) is 106 cm³/mol. The molecular formula is C19H19N5O2S. The van der Waals surface area contributed by atoms with Crippen LogP contribution < -0.4 is 16.2 Å². The van der Waals surface area contributed by atoms with E-state index in [1.54, 1.807) is 29.5 Å². The van der Waals surface area contributed by atoms with E-state index in [0.717, 1.165) is 16.2 Å². The Labute approximate surface area is 160 Å². The summed E-state index contributed by atoms with van der Waals surface area (Å²) in [7, 11) is 0. The quantitative estimate of drug-likeness (QED) is 0.676. The minimum atomic E-state index is -0.395. The van der Waals surface area contributed by atoms with Crippen molar-refractivity contribution in [2.24, 2.45) is 4.99 Å². The number of aliphatic imine (C=N–C) groups is 1. The van der Waals surface area contributed by atoms with Crippen molar-refractivity contribution in [3.8, 4) is 0 Å². The fraction of sp³-hybridized carbons (Fsp3) is 0.211. The van der Waals surface area contributed by atoms with Crippen LogP contribution in [0.25, 0.3) is 0 Å². The maximum atomic E-state index is 12.6. The lowest BCUT2D eigenvalue weighted by Crippen LogP contribution is -2.48. The molecule has 0 fully saturated rings. The van der Waals surface area contributed by atoms with E-state index >= 15 is 0 Å². The van der Waals surface area contributed by atoms with Gasteiger partial charge in [0.2, 0.25) is 5.95 Å². The van der Waals surface area contributed by atoms with E-state index in [1.807, 2.05) is 42.7 Å². The maximum Gasteiger partial charge on any atom is 0.257 e. The molecule has 3 aromatic rings. The number of fused-ring (bicyclic) bond motifs is 1. The van der Waals surface area contributed by atoms with Gasteiger partial charge >= 0.3 is 0 Å². The molecule has 1 atom stereocenters. The molecule has 0 saturated heterocycles. The molecule has 0 radical (unpaired) electrons. The zero-order valence-corrected chi connectivity index (χ0v) is 15.8. The number of furan rings is 1. The second kappa shape index (κ2) is 7.32. The van der Waals surface area contributed by atoms with Crippen LogP contribution in [-0.2, 0) is 6.54 Å². The summed E-state index contributed by atoms with van der Waals surface area (Å²) in [6.45, 7) is 2.18. The smallest absolute Gasteiger partial charge is 0.257 e. The van der Waals surface area contributed by atoms with Crippen molar-refractivity contribution in [2.75, 3.05) is 11.6 Å². The van der Waals surface area contributed by atoms with Crippen LogP contribution in [0.2, 0.25) is 0 Å². The van der Waals surface area contributed by atoms with Gasteiger partial charge in [0.05, 0.1) is 6.26 Å². The van der Waals surface area contributed by atoms with Crippen molar-refractivity contribution in [1.29, 1.82) is 0 Å². The highest BCUT2D eigenvalue weighted by Gasteiger charge is 2.26. The van der Waals surface area contributed by atoms with Gasteiger partial charge in [0.25, 0.3) is 5.56 Å². The number of hydrogen-bond donors (Lipinski definition) is 2. The van der Waals surface area contributed by atoms with E-state index in [0.29, 0.717) is 24.1 Å². The topological polar surface area (TPSA) is 84.5 Å². The zero-order chi connectivity index (χ0) is 18.8. The van der Waals surface area contributed by atoms with Crippen molar-refractivity contribution >= 4 is 23.7 Å². The van der Waals surface area contributed by atoms with Gasteiger partial charge in [-0.15, -0.1) is 11.8 Å². The Morgan fingerprint density at radius 1 is 1.30 bits per heavy atom. The molecular weight excluding hydrogens is 362 g/mol. The Bertz CT molecular complexity index is 1030. The van der Waals surface area contributed by atoms with Gasteiger partial charge in [-0.3, -0.25) is 14.7 Å². The molecule has 0 unspecified atom stereocenters. The first-order chi connectivity index (χ1) is 13.1. The number of nitrogens with one attached hydrogen (secondary N) is 2. The van der Waals surface area contributed by atoms with E-state index in [4.69, 9.17) is 4.42 Å². The van der Waals surface area contributed by atoms with Crippen LogP contribution in [0, 0.1) is 6.92 Å². The molecule has 27 heavy (non-hydrogen) atoms. The Kier molecular flexibility index (Phi) is 4.72. The number of anilines is 1. The molecule has 0 bridgehead atoms. The van der Waals surface area contributed by atoms with Crippen molar-refractivity contribution in [1.82, 2.24) is 14.9 Å². The minimum Gasteiger partial charge on any atom is -0.467 e. The highest BCUT2D eigenvalue weighted by Crippen LogP contribution is 2.24. The minimum absolute atomic E-state index is 0.124. The highest BCUT2D eigenvalue weighted by molar-refractivity contribution is 7.98. The molecule has 138 valence electrons. The summed E-state index contributed by atoms with van der Waals surface area (Å²) in [6.07, 6.45) is 3.25. The van der Waals surface area contributed by atoms with Crippen LogP contribution in [0.15, 0.2) is 67.8 Å². The Hall–Kier alpha value is -3.00. The molecule has 0 saturated carbocycles. The van der Waals surface area contributed by atoms with Gasteiger partial charge in [0, 0.05) is 16.7 Å². The molecule has 1 aliphatic heterocycles. The van der Waals surface area contributed by atoms with Gasteiger partial charge in [-0.2, -0.15) is 0 Å². The summed E-state index contributed by atoms with van der Waals surface area (Å²) in [5, 5.41) is 6.41. The average molecular weight is 381 g/mol. The van der Waals surface area contributed by atoms with E-state index in [-0.39, 0.29) is 5.56 Å². The standard InChI is InChI=1S/C19H19N5O2S/c1-12-10-16(25)24-17(13-5-7-15(27-2)8-6-13)22-18(23-19(24)21-12)20-11-14-4-3-9-26-14/h3-10,17H,11H2,1-2H3,(H2,20,21,22,23)/t17-/m0/s1. The molecule has 0 aliphatic carbocycles. The molecule has 4 rings (SSSR count). The van der Waals surface area contributed by atoms with Crippen LogP contribution in [0.3, 0.4) is 0 Å². The van der Waals surface area contributed by atoms with E-state index in [2.05, 4.69) is 20.6 Å². The van der Waals surface area contributed by atoms with Crippen LogP contribution in [0.5, 0.6) is 0 Å². The first kappa shape index (κ1) is 17.4. The number of rotatable bonds is 4. The normalized spacial score (nSPS) is 17.3. The maximum absolute atomic E-state index is 12.6. The Morgan fingerprint density at radius 2 is 2.11 bits per heavy atom. The highest BCUT2D eigenvalue weighted by atomic mass is 32.2. The average Bonchev–Trinajstić information content (AvgIpc) is 3.19. The van der Waals surface area contributed by atoms with Gasteiger partial charge in [0.1, 0.15) is 18.5 Å². The summed E-state index contributed by atoms with van der Waals surface area (Å²) in [5.74, 6) is 1.77. The molecule has 8 heteroatoms. The molecule has 2 aromatic heterocycles. The van der Waals surface area contributed by atoms with Gasteiger partial charge in [-0.05, 0) is 43.0 Å². The number of hydrogen-bond acceptors (Lipinski definition) is 5. The largest absolute Gasteiger partial charge is 0.467 e. The third-order valence-electron chi connectivity index (χ3n) is 4.25. The van der Waals surface area contributed by atoms with Crippen LogP contribution >= 0.6 is 11.8 Å². The molecule has 1 aromatic carbocycles. The SMILES string of the molecule is CSc1ccc([C@H]2NC(=NCc3ccco3)Nc3nc(C)cc(=O)n32)cc1. The molecule has 2 N–H and O–H groups in total. The lowest BCUT2D eigenvalue weighted by atomic mass is 10.1. The number of aryl methyl sites for hydroxylation is 1. The van der Waals surface area contributed by atoms with Crippen molar-refractivity contribution in [3.05, 3.63) is 76.1 Å². The van der Waals surface area contributed by atoms with E-state index < -0.39 is 6.17 Å². The monoisotopic (exact) mass is 381 g/mol. The van der Waals surface area contributed by atoms with E-state index in [1.165, 1.54) is 6.07 Å². The van der Waals surface area contributed by atoms with Gasteiger partial charge in [0.15, 0.2) is 5.96 Å². The fourth-order valence-corrected chi connectivity index (χ4v) is 3.35. The summed E-state index contributed by atoms with van der Waals surface area (Å²) in [6, 6.07) is 13.3. The third kappa shape index (κ3) is 3.61. The number of thioether (sulfide) groups is 1. The summed E-state index contributed by atoms with van der Waals surface area (Å²) in [5.41, 5.74) is 1.48. The van der Waals surface area contributed by atoms with Crippen LogP contribution in [0.4, 0.5) is 5.95 Å². The first-order valence-electron chi connectivity index (χ1n) is 8.48. The van der Waals surface area contributed by atoms with Crippen molar-refractivity contribution < 1.29 is 4.42 Å². The molecule has 0 spiro atoms. The van der Waals surface area contributed by atoms with Crippen molar-refractivity contribution in [2.45, 2.75) is 24.5 Å². The number of aromatic nitrogens is 2. The Morgan fingerprint density at radius 3 is 2.81 bits per heavy atom. The zero-order valence-electron chi connectivity index (χ0n) is 15.0. The molecule has 0 amide bonds. The molecule has 1 aliphatic rings. The Balaban J connectivity index is 1.74. The molecule has 7 nitrogen and oxygen atoms in total.